The van der Waals surface area contributed by atoms with Gasteiger partial charge in [-0.15, -0.1) is 0 Å². The maximum Gasteiger partial charge on any atom is 0.122 e. The summed E-state index contributed by atoms with van der Waals surface area (Å²) < 4.78 is 5.84. The van der Waals surface area contributed by atoms with Gasteiger partial charge in [-0.05, 0) is 38.4 Å². The Hall–Kier alpha value is -0.800. The van der Waals surface area contributed by atoms with E-state index >= 15 is 0 Å². The molecular weight excluding hydrogens is 224 g/mol. The van der Waals surface area contributed by atoms with Gasteiger partial charge in [-0.3, -0.25) is 4.90 Å². The number of hydrogen-bond donors (Lipinski definition) is 1. The van der Waals surface area contributed by atoms with Crippen molar-refractivity contribution < 1.29 is 4.42 Å². The maximum atomic E-state index is 5.92. The zero-order valence-corrected chi connectivity index (χ0v) is 12.4. The third-order valence-electron chi connectivity index (χ3n) is 3.58. The summed E-state index contributed by atoms with van der Waals surface area (Å²) in [6.07, 6.45) is 2.11. The first-order valence-electron chi connectivity index (χ1n) is 7.00. The Kier molecular flexibility index (Phi) is 5.89. The van der Waals surface area contributed by atoms with Crippen LogP contribution in [0.1, 0.15) is 51.7 Å². The molecule has 2 N–H and O–H groups in total. The van der Waals surface area contributed by atoms with Gasteiger partial charge < -0.3 is 10.2 Å². The van der Waals surface area contributed by atoms with Crippen molar-refractivity contribution >= 4 is 0 Å². The Morgan fingerprint density at radius 3 is 2.39 bits per heavy atom. The predicted octanol–water partition coefficient (Wildman–Crippen LogP) is 3.21. The minimum absolute atomic E-state index is 0.180. The molecule has 0 spiro atoms. The van der Waals surface area contributed by atoms with E-state index in [2.05, 4.69) is 51.8 Å². The lowest BCUT2D eigenvalue weighted by Crippen LogP contribution is -2.37. The van der Waals surface area contributed by atoms with Gasteiger partial charge in [0.15, 0.2) is 0 Å². The molecule has 0 radical (unpaired) electrons. The second-order valence-electron chi connectivity index (χ2n) is 5.55. The lowest BCUT2D eigenvalue weighted by atomic mass is 10.0. The molecule has 0 aromatic carbocycles. The number of furan rings is 1. The fourth-order valence-corrected chi connectivity index (χ4v) is 2.40. The van der Waals surface area contributed by atoms with Gasteiger partial charge in [0.1, 0.15) is 11.5 Å². The van der Waals surface area contributed by atoms with Gasteiger partial charge in [-0.25, -0.2) is 0 Å². The van der Waals surface area contributed by atoms with E-state index in [1.54, 1.807) is 0 Å². The number of likely N-dealkylation sites (N-methyl/N-ethyl adjacent to an activating group) is 1. The zero-order valence-electron chi connectivity index (χ0n) is 12.4. The van der Waals surface area contributed by atoms with Crippen LogP contribution in [-0.2, 0) is 6.42 Å². The summed E-state index contributed by atoms with van der Waals surface area (Å²) >= 11 is 0. The number of hydrogen-bond acceptors (Lipinski definition) is 3. The first-order chi connectivity index (χ1) is 8.49. The summed E-state index contributed by atoms with van der Waals surface area (Å²) in [5.74, 6) is 2.73. The summed E-state index contributed by atoms with van der Waals surface area (Å²) in [5.41, 5.74) is 5.92. The van der Waals surface area contributed by atoms with Crippen LogP contribution in [0.25, 0.3) is 0 Å². The average Bonchev–Trinajstić information content (AvgIpc) is 2.77. The highest BCUT2D eigenvalue weighted by Crippen LogP contribution is 2.24. The van der Waals surface area contributed by atoms with Crippen molar-refractivity contribution in [3.63, 3.8) is 0 Å². The van der Waals surface area contributed by atoms with E-state index in [4.69, 9.17) is 10.2 Å². The number of rotatable bonds is 7. The van der Waals surface area contributed by atoms with Crippen molar-refractivity contribution in [3.05, 3.63) is 23.7 Å². The lowest BCUT2D eigenvalue weighted by Gasteiger charge is -2.32. The van der Waals surface area contributed by atoms with Crippen molar-refractivity contribution in [1.29, 1.82) is 0 Å². The topological polar surface area (TPSA) is 42.4 Å². The molecule has 0 amide bonds. The molecule has 1 heterocycles. The van der Waals surface area contributed by atoms with Crippen LogP contribution in [0.4, 0.5) is 0 Å². The summed E-state index contributed by atoms with van der Waals surface area (Å²) in [6.45, 7) is 9.46. The smallest absolute Gasteiger partial charge is 0.122 e. The minimum atomic E-state index is 0.180. The third kappa shape index (κ3) is 3.85. The van der Waals surface area contributed by atoms with Crippen LogP contribution >= 0.6 is 0 Å². The highest BCUT2D eigenvalue weighted by Gasteiger charge is 2.23. The molecule has 0 saturated heterocycles. The van der Waals surface area contributed by atoms with Gasteiger partial charge >= 0.3 is 0 Å². The number of nitrogens with two attached hydrogens (primary N) is 1. The molecule has 2 unspecified atom stereocenters. The lowest BCUT2D eigenvalue weighted by molar-refractivity contribution is 0.150. The van der Waals surface area contributed by atoms with Crippen molar-refractivity contribution in [3.8, 4) is 0 Å². The maximum absolute atomic E-state index is 5.92. The summed E-state index contributed by atoms with van der Waals surface area (Å²) in [5, 5.41) is 0. The molecule has 1 aromatic rings. The largest absolute Gasteiger partial charge is 0.464 e. The van der Waals surface area contributed by atoms with Crippen molar-refractivity contribution in [1.82, 2.24) is 4.90 Å². The van der Waals surface area contributed by atoms with Crippen LogP contribution in [0.5, 0.6) is 0 Å². The predicted molar refractivity (Wildman–Crippen MR) is 76.6 cm³/mol. The molecule has 0 saturated carbocycles. The first-order valence-corrected chi connectivity index (χ1v) is 7.00. The highest BCUT2D eigenvalue weighted by atomic mass is 16.3. The summed E-state index contributed by atoms with van der Waals surface area (Å²) in [4.78, 5) is 2.33. The van der Waals surface area contributed by atoms with Gasteiger partial charge in [-0.2, -0.15) is 0 Å². The van der Waals surface area contributed by atoms with E-state index in [0.717, 1.165) is 17.9 Å². The minimum Gasteiger partial charge on any atom is -0.464 e. The molecular formula is C15H28N2O. The van der Waals surface area contributed by atoms with Gasteiger partial charge in [0.2, 0.25) is 0 Å². The summed E-state index contributed by atoms with van der Waals surface area (Å²) in [6, 6.07) is 4.81. The second kappa shape index (κ2) is 6.95. The Morgan fingerprint density at radius 2 is 1.94 bits per heavy atom. The SMILES string of the molecule is CCc1ccc(C(CN)N(C)C(C)CC(C)C)o1. The molecule has 1 rings (SSSR count). The van der Waals surface area contributed by atoms with Crippen LogP contribution in [0.15, 0.2) is 16.5 Å². The standard InChI is InChI=1S/C15H28N2O/c1-6-13-7-8-15(18-13)14(10-16)17(5)12(4)9-11(2)3/h7-8,11-12,14H,6,9-10,16H2,1-5H3. The van der Waals surface area contributed by atoms with E-state index in [9.17, 15) is 0 Å². The van der Waals surface area contributed by atoms with Crippen LogP contribution in [0, 0.1) is 5.92 Å². The number of nitrogens with zero attached hydrogens (tertiary/aromatic N) is 1. The molecule has 0 fully saturated rings. The normalized spacial score (nSPS) is 15.3. The molecule has 0 aliphatic rings. The fourth-order valence-electron chi connectivity index (χ4n) is 2.40. The zero-order chi connectivity index (χ0) is 13.7. The van der Waals surface area contributed by atoms with Crippen molar-refractivity contribution in [2.24, 2.45) is 11.7 Å². The molecule has 0 aliphatic heterocycles. The third-order valence-corrected chi connectivity index (χ3v) is 3.58. The molecule has 18 heavy (non-hydrogen) atoms. The average molecular weight is 252 g/mol. The summed E-state index contributed by atoms with van der Waals surface area (Å²) in [7, 11) is 2.14. The quantitative estimate of drug-likeness (QED) is 0.810. The van der Waals surface area contributed by atoms with Gasteiger partial charge in [-0.1, -0.05) is 20.8 Å². The van der Waals surface area contributed by atoms with Crippen molar-refractivity contribution in [2.75, 3.05) is 13.6 Å². The van der Waals surface area contributed by atoms with E-state index < -0.39 is 0 Å². The Bertz CT molecular complexity index is 346. The fraction of sp³-hybridized carbons (Fsp3) is 0.733. The second-order valence-corrected chi connectivity index (χ2v) is 5.55. The van der Waals surface area contributed by atoms with Gasteiger partial charge in [0.05, 0.1) is 6.04 Å². The molecule has 104 valence electrons. The first kappa shape index (κ1) is 15.3. The van der Waals surface area contributed by atoms with Crippen LogP contribution in [0.3, 0.4) is 0 Å². The van der Waals surface area contributed by atoms with Crippen LogP contribution in [-0.4, -0.2) is 24.5 Å². The Balaban J connectivity index is 2.75. The highest BCUT2D eigenvalue weighted by molar-refractivity contribution is 5.11. The van der Waals surface area contributed by atoms with Crippen molar-refractivity contribution in [2.45, 2.75) is 52.6 Å². The molecule has 0 bridgehead atoms. The van der Waals surface area contributed by atoms with Crippen LogP contribution < -0.4 is 5.73 Å². The van der Waals surface area contributed by atoms with E-state index in [1.807, 2.05) is 0 Å². The Morgan fingerprint density at radius 1 is 1.28 bits per heavy atom. The Labute approximate surface area is 111 Å². The van der Waals surface area contributed by atoms with Gasteiger partial charge in [0, 0.05) is 19.0 Å². The number of aryl methyl sites for hydroxylation is 1. The monoisotopic (exact) mass is 252 g/mol. The van der Waals surface area contributed by atoms with Crippen LogP contribution in [0.2, 0.25) is 0 Å². The molecule has 1 aromatic heterocycles. The molecule has 3 nitrogen and oxygen atoms in total. The molecule has 2 atom stereocenters. The molecule has 0 aliphatic carbocycles. The van der Waals surface area contributed by atoms with Gasteiger partial charge in [0.25, 0.3) is 0 Å². The molecule has 3 heteroatoms. The van der Waals surface area contributed by atoms with E-state index in [-0.39, 0.29) is 6.04 Å². The van der Waals surface area contributed by atoms with E-state index in [1.165, 1.54) is 6.42 Å². The van der Waals surface area contributed by atoms with E-state index in [0.29, 0.717) is 18.5 Å².